The quantitative estimate of drug-likeness (QED) is 0.684. The molecule has 2 aliphatic rings. The van der Waals surface area contributed by atoms with E-state index in [2.05, 4.69) is 0 Å². The fourth-order valence-electron chi connectivity index (χ4n) is 2.98. The van der Waals surface area contributed by atoms with Gasteiger partial charge in [0.15, 0.2) is 0 Å². The number of carbonyl (C=O) groups excluding carboxylic acids is 1. The first-order chi connectivity index (χ1) is 8.29. The lowest BCUT2D eigenvalue weighted by molar-refractivity contribution is -0.134. The maximum absolute atomic E-state index is 13.0. The monoisotopic (exact) mass is 266 g/mol. The zero-order chi connectivity index (χ0) is 13.4. The molecule has 2 fully saturated rings. The number of hydrogen-bond acceptors (Lipinski definition) is 1. The van der Waals surface area contributed by atoms with Crippen LogP contribution in [-0.2, 0) is 4.79 Å². The van der Waals surface area contributed by atoms with E-state index in [0.717, 1.165) is 0 Å². The average Bonchev–Trinajstić information content (AvgIpc) is 2.28. The Hall–Kier alpha value is -0.610. The van der Waals surface area contributed by atoms with Crippen LogP contribution in [0.25, 0.3) is 0 Å². The summed E-state index contributed by atoms with van der Waals surface area (Å²) in [6.45, 7) is 0. The molecule has 0 heterocycles. The van der Waals surface area contributed by atoms with E-state index < -0.39 is 11.8 Å². The minimum atomic E-state index is -2.64. The van der Waals surface area contributed by atoms with Crippen molar-refractivity contribution in [1.82, 2.24) is 0 Å². The molecule has 0 aliphatic heterocycles. The van der Waals surface area contributed by atoms with Crippen molar-refractivity contribution in [2.45, 2.75) is 63.2 Å². The van der Waals surface area contributed by atoms with Crippen LogP contribution in [0.3, 0.4) is 0 Å². The Labute approximate surface area is 104 Å². The fraction of sp³-hybridized carbons (Fsp3) is 0.923. The lowest BCUT2D eigenvalue weighted by Gasteiger charge is -2.32. The molecular weight excluding hydrogens is 248 g/mol. The normalized spacial score (nSPS) is 29.1. The van der Waals surface area contributed by atoms with Crippen LogP contribution in [-0.4, -0.2) is 17.6 Å². The third-order valence-electron chi connectivity index (χ3n) is 4.24. The largest absolute Gasteiger partial charge is 0.299 e. The molecule has 0 aromatic carbocycles. The Morgan fingerprint density at radius 3 is 1.28 bits per heavy atom. The van der Waals surface area contributed by atoms with E-state index in [-0.39, 0.29) is 69.0 Å². The second-order valence-electron chi connectivity index (χ2n) is 5.66. The average molecular weight is 266 g/mol. The summed E-state index contributed by atoms with van der Waals surface area (Å²) in [7, 11) is 0. The Kier molecular flexibility index (Phi) is 3.70. The molecule has 0 spiro atoms. The fourth-order valence-corrected chi connectivity index (χ4v) is 2.98. The van der Waals surface area contributed by atoms with Crippen molar-refractivity contribution < 1.29 is 22.4 Å². The summed E-state index contributed by atoms with van der Waals surface area (Å²) in [5, 5.41) is 0. The van der Waals surface area contributed by atoms with Crippen LogP contribution in [0, 0.1) is 11.8 Å². The molecule has 0 unspecified atom stereocenters. The number of ketones is 1. The second-order valence-corrected chi connectivity index (χ2v) is 5.66. The lowest BCUT2D eigenvalue weighted by Crippen LogP contribution is -2.35. The van der Waals surface area contributed by atoms with Crippen molar-refractivity contribution in [3.8, 4) is 0 Å². The van der Waals surface area contributed by atoms with Crippen LogP contribution in [0.5, 0.6) is 0 Å². The smallest absolute Gasteiger partial charge is 0.248 e. The summed E-state index contributed by atoms with van der Waals surface area (Å²) in [6, 6.07) is 0. The SMILES string of the molecule is O=C(C1CCC(F)(F)CC1)C1CCC(F)(F)CC1. The van der Waals surface area contributed by atoms with Crippen molar-refractivity contribution in [3.63, 3.8) is 0 Å². The first-order valence-corrected chi connectivity index (χ1v) is 6.58. The zero-order valence-corrected chi connectivity index (χ0v) is 10.2. The second kappa shape index (κ2) is 4.82. The maximum Gasteiger partial charge on any atom is 0.248 e. The number of hydrogen-bond donors (Lipinski definition) is 0. The molecule has 0 saturated heterocycles. The highest BCUT2D eigenvalue weighted by Crippen LogP contribution is 2.41. The van der Waals surface area contributed by atoms with Gasteiger partial charge in [-0.3, -0.25) is 4.79 Å². The number of rotatable bonds is 2. The Morgan fingerprint density at radius 1 is 0.722 bits per heavy atom. The highest BCUT2D eigenvalue weighted by Gasteiger charge is 2.42. The van der Waals surface area contributed by atoms with Crippen molar-refractivity contribution in [2.24, 2.45) is 11.8 Å². The van der Waals surface area contributed by atoms with Gasteiger partial charge in [-0.2, -0.15) is 0 Å². The van der Waals surface area contributed by atoms with Crippen molar-refractivity contribution in [1.29, 1.82) is 0 Å². The molecule has 2 aliphatic carbocycles. The van der Waals surface area contributed by atoms with Crippen LogP contribution in [0.15, 0.2) is 0 Å². The van der Waals surface area contributed by atoms with Crippen LogP contribution >= 0.6 is 0 Å². The first kappa shape index (κ1) is 13.8. The number of Topliss-reactive ketones (excluding diaryl/α,β-unsaturated/α-hetero) is 1. The summed E-state index contributed by atoms with van der Waals surface area (Å²) < 4.78 is 51.9. The van der Waals surface area contributed by atoms with Gasteiger partial charge in [-0.25, -0.2) is 17.6 Å². The van der Waals surface area contributed by atoms with E-state index in [0.29, 0.717) is 0 Å². The predicted octanol–water partition coefficient (Wildman–Crippen LogP) is 4.21. The van der Waals surface area contributed by atoms with Gasteiger partial charge in [-0.05, 0) is 25.7 Å². The van der Waals surface area contributed by atoms with Gasteiger partial charge in [0.1, 0.15) is 5.78 Å². The van der Waals surface area contributed by atoms with E-state index >= 15 is 0 Å². The van der Waals surface area contributed by atoms with E-state index in [1.54, 1.807) is 0 Å². The van der Waals surface area contributed by atoms with Gasteiger partial charge in [-0.1, -0.05) is 0 Å². The van der Waals surface area contributed by atoms with Gasteiger partial charge >= 0.3 is 0 Å². The van der Waals surface area contributed by atoms with E-state index in [1.165, 1.54) is 0 Å². The molecule has 0 N–H and O–H groups in total. The van der Waals surface area contributed by atoms with Crippen LogP contribution in [0.4, 0.5) is 17.6 Å². The summed E-state index contributed by atoms with van der Waals surface area (Å²) >= 11 is 0. The first-order valence-electron chi connectivity index (χ1n) is 6.58. The molecule has 18 heavy (non-hydrogen) atoms. The molecule has 0 aromatic heterocycles. The number of halogens is 4. The Balaban J connectivity index is 1.86. The standard InChI is InChI=1S/C13H18F4O/c14-12(15)5-1-9(2-6-12)11(18)10-3-7-13(16,17)8-4-10/h9-10H,1-8H2. The topological polar surface area (TPSA) is 17.1 Å². The molecule has 0 bridgehead atoms. The molecule has 104 valence electrons. The van der Waals surface area contributed by atoms with Gasteiger partial charge < -0.3 is 0 Å². The molecule has 0 aromatic rings. The van der Waals surface area contributed by atoms with Gasteiger partial charge in [0.05, 0.1) is 0 Å². The lowest BCUT2D eigenvalue weighted by atomic mass is 9.75. The zero-order valence-electron chi connectivity index (χ0n) is 10.2. The number of carbonyl (C=O) groups is 1. The van der Waals surface area contributed by atoms with E-state index in [9.17, 15) is 22.4 Å². The van der Waals surface area contributed by atoms with Crippen molar-refractivity contribution in [3.05, 3.63) is 0 Å². The predicted molar refractivity (Wildman–Crippen MR) is 58.8 cm³/mol. The van der Waals surface area contributed by atoms with Gasteiger partial charge in [0.25, 0.3) is 0 Å². The number of alkyl halides is 4. The van der Waals surface area contributed by atoms with Crippen LogP contribution in [0.1, 0.15) is 51.4 Å². The molecule has 5 heteroatoms. The van der Waals surface area contributed by atoms with Crippen LogP contribution < -0.4 is 0 Å². The molecule has 0 amide bonds. The van der Waals surface area contributed by atoms with Gasteiger partial charge in [0.2, 0.25) is 11.8 Å². The molecular formula is C13H18F4O. The molecule has 1 nitrogen and oxygen atoms in total. The third-order valence-corrected chi connectivity index (χ3v) is 4.24. The third kappa shape index (κ3) is 3.23. The van der Waals surface area contributed by atoms with Crippen LogP contribution in [0.2, 0.25) is 0 Å². The summed E-state index contributed by atoms with van der Waals surface area (Å²) in [5.74, 6) is -6.00. The summed E-state index contributed by atoms with van der Waals surface area (Å²) in [5.41, 5.74) is 0. The Morgan fingerprint density at radius 2 is 1.00 bits per heavy atom. The van der Waals surface area contributed by atoms with Gasteiger partial charge in [-0.15, -0.1) is 0 Å². The maximum atomic E-state index is 13.0. The van der Waals surface area contributed by atoms with Crippen molar-refractivity contribution in [2.75, 3.05) is 0 Å². The van der Waals surface area contributed by atoms with E-state index in [4.69, 9.17) is 0 Å². The van der Waals surface area contributed by atoms with Crippen molar-refractivity contribution >= 4 is 5.78 Å². The summed E-state index contributed by atoms with van der Waals surface area (Å²) in [4.78, 5) is 12.1. The van der Waals surface area contributed by atoms with Gasteiger partial charge in [0, 0.05) is 37.5 Å². The molecule has 2 saturated carbocycles. The molecule has 0 radical (unpaired) electrons. The highest BCUT2D eigenvalue weighted by atomic mass is 19.3. The molecule has 0 atom stereocenters. The minimum Gasteiger partial charge on any atom is -0.299 e. The highest BCUT2D eigenvalue weighted by molar-refractivity contribution is 5.83. The summed E-state index contributed by atoms with van der Waals surface area (Å²) in [6.07, 6.45) is -0.147. The minimum absolute atomic E-state index is 0.0546. The van der Waals surface area contributed by atoms with E-state index in [1.807, 2.05) is 0 Å². The Bertz CT molecular complexity index is 277. The molecule has 2 rings (SSSR count).